The molecule has 2 N–H and O–H groups in total. The maximum atomic E-state index is 13.8. The number of nitrogens with zero attached hydrogens (tertiary/aromatic N) is 4. The number of rotatable bonds is 5. The van der Waals surface area contributed by atoms with E-state index in [-0.39, 0.29) is 23.6 Å². The van der Waals surface area contributed by atoms with Gasteiger partial charge < -0.3 is 15.4 Å². The van der Waals surface area contributed by atoms with Gasteiger partial charge >= 0.3 is 0 Å². The molecule has 1 aromatic heterocycles. The molecule has 2 aliphatic heterocycles. The number of carbonyl (C=O) groups is 2. The Morgan fingerprint density at radius 2 is 1.82 bits per heavy atom. The molecule has 0 aliphatic carbocycles. The van der Waals surface area contributed by atoms with E-state index in [0.717, 1.165) is 18.6 Å². The van der Waals surface area contributed by atoms with Gasteiger partial charge in [-0.1, -0.05) is 24.8 Å². The van der Waals surface area contributed by atoms with Gasteiger partial charge in [0.1, 0.15) is 23.5 Å². The quantitative estimate of drug-likeness (QED) is 0.583. The largest absolute Gasteiger partial charge is 0.457 e. The fraction of sp³-hybridized carbons (Fsp3) is 0.231. The Morgan fingerprint density at radius 1 is 1.09 bits per heavy atom. The van der Waals surface area contributed by atoms with Crippen LogP contribution in [-0.4, -0.2) is 39.8 Å². The third-order valence-electron chi connectivity index (χ3n) is 6.37. The van der Waals surface area contributed by atoms with Crippen molar-refractivity contribution in [1.29, 1.82) is 0 Å². The van der Waals surface area contributed by atoms with E-state index < -0.39 is 5.92 Å². The predicted octanol–water partition coefficient (Wildman–Crippen LogP) is 4.04. The maximum Gasteiger partial charge on any atom is 0.245 e. The summed E-state index contributed by atoms with van der Waals surface area (Å²) in [5, 5.41) is 0. The topological polar surface area (TPSA) is 102 Å². The van der Waals surface area contributed by atoms with Crippen LogP contribution in [0.2, 0.25) is 0 Å². The molecule has 5 rings (SSSR count). The highest BCUT2D eigenvalue weighted by Gasteiger charge is 2.46. The lowest BCUT2D eigenvalue weighted by Gasteiger charge is -2.34. The van der Waals surface area contributed by atoms with Gasteiger partial charge in [-0.3, -0.25) is 14.5 Å². The number of likely N-dealkylation sites (tertiary alicyclic amines) is 1. The number of amides is 2. The van der Waals surface area contributed by atoms with Gasteiger partial charge in [0.15, 0.2) is 5.82 Å². The molecule has 2 aromatic carbocycles. The number of ether oxygens (including phenoxy) is 1. The molecule has 2 unspecified atom stereocenters. The molecule has 3 aromatic rings. The number of hydrogen-bond donors (Lipinski definition) is 1. The molecule has 8 heteroatoms. The van der Waals surface area contributed by atoms with Gasteiger partial charge in [-0.25, -0.2) is 9.97 Å². The predicted molar refractivity (Wildman–Crippen MR) is 129 cm³/mol. The number of piperidine rings is 1. The molecule has 2 amide bonds. The van der Waals surface area contributed by atoms with Crippen LogP contribution >= 0.6 is 0 Å². The van der Waals surface area contributed by atoms with Crippen LogP contribution < -0.4 is 15.4 Å². The highest BCUT2D eigenvalue weighted by molar-refractivity contribution is 6.12. The van der Waals surface area contributed by atoms with Gasteiger partial charge in [0.25, 0.3) is 0 Å². The number of para-hydroxylation sites is 1. The molecular weight excluding hydrogens is 430 g/mol. The molecule has 0 saturated carbocycles. The van der Waals surface area contributed by atoms with Crippen molar-refractivity contribution in [3.05, 3.63) is 79.3 Å². The van der Waals surface area contributed by atoms with E-state index in [1.807, 2.05) is 54.6 Å². The molecule has 1 fully saturated rings. The lowest BCUT2D eigenvalue weighted by Crippen LogP contribution is -2.42. The summed E-state index contributed by atoms with van der Waals surface area (Å²) >= 11 is 0. The van der Waals surface area contributed by atoms with E-state index >= 15 is 0 Å². The van der Waals surface area contributed by atoms with Gasteiger partial charge in [0.05, 0.1) is 11.6 Å². The van der Waals surface area contributed by atoms with Crippen LogP contribution in [0.15, 0.2) is 73.6 Å². The van der Waals surface area contributed by atoms with Crippen LogP contribution in [0.5, 0.6) is 11.5 Å². The van der Waals surface area contributed by atoms with Gasteiger partial charge in [-0.15, -0.1) is 0 Å². The number of fused-ring (bicyclic) bond motifs is 1. The molecule has 34 heavy (non-hydrogen) atoms. The van der Waals surface area contributed by atoms with Gasteiger partial charge in [0, 0.05) is 18.8 Å². The van der Waals surface area contributed by atoms with Crippen molar-refractivity contribution in [2.45, 2.75) is 18.8 Å². The Hall–Kier alpha value is -4.20. The lowest BCUT2D eigenvalue weighted by atomic mass is 9.83. The summed E-state index contributed by atoms with van der Waals surface area (Å²) in [6.07, 6.45) is 4.34. The highest BCUT2D eigenvalue weighted by Crippen LogP contribution is 2.48. The highest BCUT2D eigenvalue weighted by atomic mass is 16.5. The van der Waals surface area contributed by atoms with Gasteiger partial charge in [-0.05, 0) is 61.2 Å². The summed E-state index contributed by atoms with van der Waals surface area (Å²) in [5.41, 5.74) is 8.02. The molecule has 2 atom stereocenters. The average molecular weight is 456 g/mol. The number of aromatic nitrogens is 2. The fourth-order valence-corrected chi connectivity index (χ4v) is 4.81. The number of nitrogen functional groups attached to an aromatic ring is 1. The van der Waals surface area contributed by atoms with Crippen LogP contribution in [0, 0.1) is 5.92 Å². The Kier molecular flexibility index (Phi) is 5.71. The van der Waals surface area contributed by atoms with Crippen molar-refractivity contribution in [1.82, 2.24) is 14.9 Å². The third-order valence-corrected chi connectivity index (χ3v) is 6.37. The minimum atomic E-state index is -0.499. The summed E-state index contributed by atoms with van der Waals surface area (Å²) < 4.78 is 5.88. The van der Waals surface area contributed by atoms with E-state index in [4.69, 9.17) is 10.5 Å². The summed E-state index contributed by atoms with van der Waals surface area (Å²) in [5.74, 6) is 0.832. The summed E-state index contributed by atoms with van der Waals surface area (Å²) in [6.45, 7) is 4.73. The number of hydrogen-bond acceptors (Lipinski definition) is 6. The Morgan fingerprint density at radius 3 is 2.56 bits per heavy atom. The zero-order valence-corrected chi connectivity index (χ0v) is 18.6. The zero-order chi connectivity index (χ0) is 23.7. The summed E-state index contributed by atoms with van der Waals surface area (Å²) in [6, 6.07) is 16.8. The van der Waals surface area contributed by atoms with E-state index in [1.165, 1.54) is 12.4 Å². The molecule has 1 saturated heterocycles. The second-order valence-corrected chi connectivity index (χ2v) is 8.44. The van der Waals surface area contributed by atoms with Crippen LogP contribution in [0.25, 0.3) is 0 Å². The van der Waals surface area contributed by atoms with Crippen LogP contribution in [0.1, 0.15) is 24.5 Å². The standard InChI is InChI=1S/C26H25N5O3/c1-2-21(32)30-14-6-7-17(15-30)22-23-24(25(27)29-16-28-23)31(26(22)33)18-10-12-20(13-11-18)34-19-8-4-3-5-9-19/h2-5,8-13,16-17,22H,1,6-7,14-15H2,(H2,27,28,29). The first-order valence-corrected chi connectivity index (χ1v) is 11.3. The molecule has 2 aliphatic rings. The monoisotopic (exact) mass is 455 g/mol. The van der Waals surface area contributed by atoms with Crippen molar-refractivity contribution in [2.75, 3.05) is 23.7 Å². The van der Waals surface area contributed by atoms with Crippen LogP contribution in [0.3, 0.4) is 0 Å². The van der Waals surface area contributed by atoms with Gasteiger partial charge in [-0.2, -0.15) is 0 Å². The fourth-order valence-electron chi connectivity index (χ4n) is 4.81. The first-order chi connectivity index (χ1) is 16.6. The van der Waals surface area contributed by atoms with Crippen LogP contribution in [-0.2, 0) is 9.59 Å². The average Bonchev–Trinajstić information content (AvgIpc) is 3.17. The van der Waals surface area contributed by atoms with E-state index in [1.54, 1.807) is 9.80 Å². The van der Waals surface area contributed by atoms with Crippen molar-refractivity contribution >= 4 is 29.0 Å². The molecule has 0 radical (unpaired) electrons. The van der Waals surface area contributed by atoms with Crippen molar-refractivity contribution in [2.24, 2.45) is 5.92 Å². The molecule has 172 valence electrons. The molecule has 8 nitrogen and oxygen atoms in total. The van der Waals surface area contributed by atoms with E-state index in [9.17, 15) is 9.59 Å². The first kappa shape index (κ1) is 21.6. The molecule has 0 bridgehead atoms. The maximum absolute atomic E-state index is 13.8. The summed E-state index contributed by atoms with van der Waals surface area (Å²) in [4.78, 5) is 37.9. The smallest absolute Gasteiger partial charge is 0.245 e. The minimum absolute atomic E-state index is 0.0658. The van der Waals surface area contributed by atoms with Crippen molar-refractivity contribution < 1.29 is 14.3 Å². The SMILES string of the molecule is C=CC(=O)N1CCCC(C2C(=O)N(c3ccc(Oc4ccccc4)cc3)c3c(N)ncnc32)C1. The minimum Gasteiger partial charge on any atom is -0.457 e. The third kappa shape index (κ3) is 3.87. The lowest BCUT2D eigenvalue weighted by molar-refractivity contribution is -0.129. The zero-order valence-electron chi connectivity index (χ0n) is 18.6. The second kappa shape index (κ2) is 8.97. The summed E-state index contributed by atoms with van der Waals surface area (Å²) in [7, 11) is 0. The number of carbonyl (C=O) groups excluding carboxylic acids is 2. The normalized spacial score (nSPS) is 19.6. The second-order valence-electron chi connectivity index (χ2n) is 8.44. The van der Waals surface area contributed by atoms with Crippen LogP contribution in [0.4, 0.5) is 17.2 Å². The van der Waals surface area contributed by atoms with Gasteiger partial charge in [0.2, 0.25) is 11.8 Å². The number of anilines is 3. The molecule has 3 heterocycles. The van der Waals surface area contributed by atoms with E-state index in [2.05, 4.69) is 16.5 Å². The van der Waals surface area contributed by atoms with E-state index in [0.29, 0.717) is 35.9 Å². The Balaban J connectivity index is 1.45. The Bertz CT molecular complexity index is 1230. The number of nitrogens with two attached hydrogens (primary N) is 1. The van der Waals surface area contributed by atoms with Crippen molar-refractivity contribution in [3.63, 3.8) is 0 Å². The Labute approximate surface area is 197 Å². The first-order valence-electron chi connectivity index (χ1n) is 11.3. The molecule has 0 spiro atoms. The number of benzene rings is 2. The van der Waals surface area contributed by atoms with Crippen molar-refractivity contribution in [3.8, 4) is 11.5 Å². The molecular formula is C26H25N5O3.